The van der Waals surface area contributed by atoms with Crippen molar-refractivity contribution >= 4 is 23.3 Å². The number of nitrogens with one attached hydrogen (secondary N) is 2. The van der Waals surface area contributed by atoms with Crippen LogP contribution in [-0.2, 0) is 12.8 Å². The van der Waals surface area contributed by atoms with E-state index in [9.17, 15) is 9.18 Å². The summed E-state index contributed by atoms with van der Waals surface area (Å²) in [6.45, 7) is 0.561. The van der Waals surface area contributed by atoms with Gasteiger partial charge in [-0.15, -0.1) is 0 Å². The molecular formula is C27H31ClFN3O. The summed E-state index contributed by atoms with van der Waals surface area (Å²) < 4.78 is 13.7. The Balaban J connectivity index is 1.51. The summed E-state index contributed by atoms with van der Waals surface area (Å²) in [6, 6.07) is 23.6. The van der Waals surface area contributed by atoms with E-state index in [4.69, 9.17) is 17.3 Å². The van der Waals surface area contributed by atoms with Gasteiger partial charge >= 0.3 is 6.03 Å². The maximum Gasteiger partial charge on any atom is 0.319 e. The average Bonchev–Trinajstić information content (AvgIpc) is 2.79. The van der Waals surface area contributed by atoms with Gasteiger partial charge in [0.1, 0.15) is 5.82 Å². The Morgan fingerprint density at radius 2 is 1.67 bits per heavy atom. The second-order valence-corrected chi connectivity index (χ2v) is 8.94. The van der Waals surface area contributed by atoms with Crippen LogP contribution in [0, 0.1) is 5.82 Å². The molecule has 4 nitrogen and oxygen atoms in total. The third-order valence-corrected chi connectivity index (χ3v) is 5.94. The second kappa shape index (κ2) is 12.4. The van der Waals surface area contributed by atoms with Gasteiger partial charge in [0, 0.05) is 22.8 Å². The summed E-state index contributed by atoms with van der Waals surface area (Å²) >= 11 is 6.00. The first-order valence-electron chi connectivity index (χ1n) is 11.3. The van der Waals surface area contributed by atoms with Gasteiger partial charge in [-0.2, -0.15) is 0 Å². The minimum atomic E-state index is -0.472. The van der Waals surface area contributed by atoms with Crippen molar-refractivity contribution in [2.75, 3.05) is 11.9 Å². The van der Waals surface area contributed by atoms with Crippen LogP contribution in [0.4, 0.5) is 14.9 Å². The summed E-state index contributed by atoms with van der Waals surface area (Å²) in [5, 5.41) is 6.40. The lowest BCUT2D eigenvalue weighted by molar-refractivity contribution is 0.251. The van der Waals surface area contributed by atoms with Crippen molar-refractivity contribution in [2.24, 2.45) is 5.73 Å². The number of hydrogen-bond acceptors (Lipinski definition) is 2. The lowest BCUT2D eigenvalue weighted by Crippen LogP contribution is -2.43. The molecule has 33 heavy (non-hydrogen) atoms. The van der Waals surface area contributed by atoms with Crippen LogP contribution in [0.1, 0.15) is 36.8 Å². The lowest BCUT2D eigenvalue weighted by Gasteiger charge is -2.30. The normalized spacial score (nSPS) is 12.7. The molecule has 1 atom stereocenters. The van der Waals surface area contributed by atoms with Crippen LogP contribution < -0.4 is 16.4 Å². The fourth-order valence-electron chi connectivity index (χ4n) is 3.90. The van der Waals surface area contributed by atoms with Crippen LogP contribution >= 0.6 is 11.6 Å². The first-order chi connectivity index (χ1) is 15.9. The van der Waals surface area contributed by atoms with Crippen molar-refractivity contribution in [2.45, 2.75) is 44.1 Å². The number of anilines is 1. The molecule has 174 valence electrons. The van der Waals surface area contributed by atoms with Gasteiger partial charge in [0.25, 0.3) is 0 Å². The average molecular weight is 468 g/mol. The maximum atomic E-state index is 13.7. The van der Waals surface area contributed by atoms with Gasteiger partial charge in [-0.05, 0) is 86.1 Å². The van der Waals surface area contributed by atoms with Gasteiger partial charge in [0.2, 0.25) is 0 Å². The number of para-hydroxylation sites is 1. The number of hydrogen-bond donors (Lipinski definition) is 3. The number of halogens is 2. The molecule has 3 aromatic rings. The van der Waals surface area contributed by atoms with Gasteiger partial charge in [-0.3, -0.25) is 0 Å². The fraction of sp³-hybridized carbons (Fsp3) is 0.296. The number of nitrogens with two attached hydrogens (primary N) is 1. The van der Waals surface area contributed by atoms with Gasteiger partial charge in [-0.1, -0.05) is 54.1 Å². The third kappa shape index (κ3) is 8.87. The number of amides is 2. The number of carbonyl (C=O) groups excluding carboxylic acids is 1. The van der Waals surface area contributed by atoms with E-state index in [1.807, 2.05) is 60.7 Å². The van der Waals surface area contributed by atoms with E-state index in [0.29, 0.717) is 18.0 Å². The van der Waals surface area contributed by atoms with Crippen molar-refractivity contribution < 1.29 is 9.18 Å². The zero-order valence-electron chi connectivity index (χ0n) is 18.7. The Labute approximate surface area is 200 Å². The van der Waals surface area contributed by atoms with E-state index in [1.165, 1.54) is 11.6 Å². The Morgan fingerprint density at radius 3 is 2.39 bits per heavy atom. The molecule has 0 aliphatic carbocycles. The predicted octanol–water partition coefficient (Wildman–Crippen LogP) is 6.34. The van der Waals surface area contributed by atoms with Gasteiger partial charge < -0.3 is 16.4 Å². The molecule has 0 bridgehead atoms. The highest BCUT2D eigenvalue weighted by molar-refractivity contribution is 6.30. The molecule has 0 aromatic heterocycles. The van der Waals surface area contributed by atoms with E-state index in [2.05, 4.69) is 10.6 Å². The Kier molecular flexibility index (Phi) is 9.28. The lowest BCUT2D eigenvalue weighted by atomic mass is 9.82. The van der Waals surface area contributed by atoms with Crippen LogP contribution in [0.5, 0.6) is 0 Å². The quantitative estimate of drug-likeness (QED) is 0.288. The van der Waals surface area contributed by atoms with Crippen LogP contribution in [0.15, 0.2) is 78.9 Å². The molecule has 0 saturated carbocycles. The largest absolute Gasteiger partial charge is 0.338 e. The summed E-state index contributed by atoms with van der Waals surface area (Å²) in [4.78, 5) is 12.0. The summed E-state index contributed by atoms with van der Waals surface area (Å²) in [5.41, 5.74) is 9.21. The van der Waals surface area contributed by atoms with Crippen LogP contribution in [-0.4, -0.2) is 18.1 Å². The standard InChI is InChI=1S/C27H31ClFN3O/c28-23-13-11-21(12-14-23)15-17-27(30,20-22-7-6-8-24(29)19-22)16-4-5-18-31-26(33)32-25-9-2-1-3-10-25/h1-3,6-14,19H,4-5,15-18,20,30H2,(H2,31,32,33). The van der Waals surface area contributed by atoms with E-state index >= 15 is 0 Å². The summed E-state index contributed by atoms with van der Waals surface area (Å²) in [7, 11) is 0. The summed E-state index contributed by atoms with van der Waals surface area (Å²) in [5.74, 6) is -0.249. The maximum absolute atomic E-state index is 13.7. The number of rotatable bonds is 11. The first-order valence-corrected chi connectivity index (χ1v) is 11.7. The zero-order valence-corrected chi connectivity index (χ0v) is 19.5. The molecule has 6 heteroatoms. The molecule has 0 heterocycles. The fourth-order valence-corrected chi connectivity index (χ4v) is 4.03. The minimum absolute atomic E-state index is 0.220. The molecule has 3 aromatic carbocycles. The molecule has 3 rings (SSSR count). The summed E-state index contributed by atoms with van der Waals surface area (Å²) in [6.07, 6.45) is 4.64. The number of benzene rings is 3. The van der Waals surface area contributed by atoms with Gasteiger partial charge in [0.05, 0.1) is 0 Å². The Bertz CT molecular complexity index is 1010. The molecule has 2 amide bonds. The minimum Gasteiger partial charge on any atom is -0.338 e. The van der Waals surface area contributed by atoms with Crippen LogP contribution in [0.2, 0.25) is 5.02 Å². The van der Waals surface area contributed by atoms with Crippen molar-refractivity contribution in [1.82, 2.24) is 5.32 Å². The first kappa shape index (κ1) is 24.7. The molecule has 1 unspecified atom stereocenters. The molecule has 0 aliphatic rings. The molecule has 0 spiro atoms. The monoisotopic (exact) mass is 467 g/mol. The zero-order chi connectivity index (χ0) is 23.5. The van der Waals surface area contributed by atoms with Crippen molar-refractivity contribution in [1.29, 1.82) is 0 Å². The number of urea groups is 1. The van der Waals surface area contributed by atoms with Crippen LogP contribution in [0.25, 0.3) is 0 Å². The Hall–Kier alpha value is -2.89. The molecule has 0 fully saturated rings. The molecular weight excluding hydrogens is 437 g/mol. The number of carbonyl (C=O) groups is 1. The third-order valence-electron chi connectivity index (χ3n) is 5.69. The highest BCUT2D eigenvalue weighted by Crippen LogP contribution is 2.24. The van der Waals surface area contributed by atoms with E-state index in [1.54, 1.807) is 12.1 Å². The SMILES string of the molecule is NC(CCCCNC(=O)Nc1ccccc1)(CCc1ccc(Cl)cc1)Cc1cccc(F)c1. The highest BCUT2D eigenvalue weighted by Gasteiger charge is 2.25. The topological polar surface area (TPSA) is 67.1 Å². The van der Waals surface area contributed by atoms with Crippen LogP contribution in [0.3, 0.4) is 0 Å². The second-order valence-electron chi connectivity index (χ2n) is 8.50. The molecule has 0 radical (unpaired) electrons. The highest BCUT2D eigenvalue weighted by atomic mass is 35.5. The van der Waals surface area contributed by atoms with Crippen molar-refractivity contribution in [3.05, 3.63) is 101 Å². The Morgan fingerprint density at radius 1 is 0.909 bits per heavy atom. The number of aryl methyl sites for hydroxylation is 1. The number of unbranched alkanes of at least 4 members (excludes halogenated alkanes) is 1. The molecule has 0 aliphatic heterocycles. The molecule has 4 N–H and O–H groups in total. The van der Waals surface area contributed by atoms with Gasteiger partial charge in [0.15, 0.2) is 0 Å². The van der Waals surface area contributed by atoms with Crippen molar-refractivity contribution in [3.8, 4) is 0 Å². The van der Waals surface area contributed by atoms with Crippen molar-refractivity contribution in [3.63, 3.8) is 0 Å². The van der Waals surface area contributed by atoms with E-state index in [-0.39, 0.29) is 11.8 Å². The van der Waals surface area contributed by atoms with Gasteiger partial charge in [-0.25, -0.2) is 9.18 Å². The van der Waals surface area contributed by atoms with E-state index in [0.717, 1.165) is 43.4 Å². The predicted molar refractivity (Wildman–Crippen MR) is 134 cm³/mol. The molecule has 0 saturated heterocycles. The smallest absolute Gasteiger partial charge is 0.319 e. The van der Waals surface area contributed by atoms with E-state index < -0.39 is 5.54 Å².